The molecule has 0 aromatic heterocycles. The largest absolute Gasteiger partial charge is 0.496 e. The zero-order valence-corrected chi connectivity index (χ0v) is 9.74. The number of rotatable bonds is 3. The van der Waals surface area contributed by atoms with Gasteiger partial charge in [-0.3, -0.25) is 0 Å². The molecular weight excluding hydrogens is 190 g/mol. The molecule has 2 unspecified atom stereocenters. The summed E-state index contributed by atoms with van der Waals surface area (Å²) in [5, 5.41) is 9.98. The van der Waals surface area contributed by atoms with Gasteiger partial charge in [0.25, 0.3) is 0 Å². The lowest BCUT2D eigenvalue weighted by Crippen LogP contribution is -2.25. The number of aliphatic hydroxyl groups excluding tert-OH is 1. The quantitative estimate of drug-likeness (QED) is 0.796. The molecule has 84 valence electrons. The minimum absolute atomic E-state index is 0.305. The molecule has 0 spiro atoms. The van der Waals surface area contributed by atoms with Gasteiger partial charge in [0.2, 0.25) is 0 Å². The fraction of sp³-hybridized carbons (Fsp3) is 0.500. The summed E-state index contributed by atoms with van der Waals surface area (Å²) in [5.74, 6) is 0.706. The fourth-order valence-electron chi connectivity index (χ4n) is 1.75. The minimum atomic E-state index is -0.680. The van der Waals surface area contributed by atoms with Crippen molar-refractivity contribution in [2.24, 2.45) is 5.73 Å². The van der Waals surface area contributed by atoms with E-state index < -0.39 is 6.10 Å². The van der Waals surface area contributed by atoms with Crippen LogP contribution in [0.5, 0.6) is 5.75 Å². The Labute approximate surface area is 90.9 Å². The van der Waals surface area contributed by atoms with Gasteiger partial charge in [-0.15, -0.1) is 0 Å². The minimum Gasteiger partial charge on any atom is -0.496 e. The third kappa shape index (κ3) is 2.49. The first-order valence-corrected chi connectivity index (χ1v) is 5.06. The van der Waals surface area contributed by atoms with Crippen LogP contribution in [-0.4, -0.2) is 18.3 Å². The van der Waals surface area contributed by atoms with Crippen molar-refractivity contribution in [3.05, 3.63) is 28.8 Å². The lowest BCUT2D eigenvalue weighted by Gasteiger charge is -2.20. The number of hydrogen-bond donors (Lipinski definition) is 2. The number of benzene rings is 1. The van der Waals surface area contributed by atoms with Crippen molar-refractivity contribution < 1.29 is 9.84 Å². The summed E-state index contributed by atoms with van der Waals surface area (Å²) in [4.78, 5) is 0. The Morgan fingerprint density at radius 2 is 1.93 bits per heavy atom. The predicted octanol–water partition coefficient (Wildman–Crippen LogP) is 1.69. The number of aliphatic hydroxyl groups is 1. The van der Waals surface area contributed by atoms with E-state index in [4.69, 9.17) is 10.5 Å². The molecule has 0 radical (unpaired) electrons. The van der Waals surface area contributed by atoms with E-state index in [0.717, 1.165) is 16.7 Å². The maximum atomic E-state index is 9.98. The zero-order chi connectivity index (χ0) is 11.6. The van der Waals surface area contributed by atoms with Gasteiger partial charge in [0.15, 0.2) is 0 Å². The molecule has 1 aromatic carbocycles. The number of methoxy groups -OCH3 is 1. The highest BCUT2D eigenvalue weighted by molar-refractivity contribution is 5.44. The lowest BCUT2D eigenvalue weighted by molar-refractivity contribution is 0.149. The number of ether oxygens (including phenoxy) is 1. The van der Waals surface area contributed by atoms with Gasteiger partial charge < -0.3 is 15.6 Å². The van der Waals surface area contributed by atoms with Crippen LogP contribution in [0.1, 0.15) is 29.7 Å². The van der Waals surface area contributed by atoms with Crippen molar-refractivity contribution in [2.45, 2.75) is 32.9 Å². The summed E-state index contributed by atoms with van der Waals surface area (Å²) in [6.45, 7) is 5.73. The molecule has 1 aromatic rings. The normalized spacial score (nSPS) is 14.8. The van der Waals surface area contributed by atoms with Crippen molar-refractivity contribution in [3.8, 4) is 5.75 Å². The van der Waals surface area contributed by atoms with Gasteiger partial charge in [-0.05, 0) is 38.0 Å². The SMILES string of the molecule is COc1cc(C)cc(C)c1C(O)C(C)N. The van der Waals surface area contributed by atoms with Crippen molar-refractivity contribution in [1.29, 1.82) is 0 Å². The fourth-order valence-corrected chi connectivity index (χ4v) is 1.75. The molecular formula is C12H19NO2. The van der Waals surface area contributed by atoms with Crippen molar-refractivity contribution >= 4 is 0 Å². The van der Waals surface area contributed by atoms with E-state index in [1.807, 2.05) is 26.0 Å². The first-order chi connectivity index (χ1) is 6.97. The molecule has 0 fully saturated rings. The molecule has 0 saturated heterocycles. The molecule has 3 N–H and O–H groups in total. The summed E-state index contributed by atoms with van der Waals surface area (Å²) in [7, 11) is 1.60. The van der Waals surface area contributed by atoms with Gasteiger partial charge in [0.1, 0.15) is 5.75 Å². The van der Waals surface area contributed by atoms with Crippen LogP contribution in [0.15, 0.2) is 12.1 Å². The second kappa shape index (κ2) is 4.64. The van der Waals surface area contributed by atoms with Gasteiger partial charge in [-0.2, -0.15) is 0 Å². The molecule has 3 nitrogen and oxygen atoms in total. The highest BCUT2D eigenvalue weighted by Crippen LogP contribution is 2.31. The molecule has 0 saturated carbocycles. The molecule has 0 aliphatic rings. The Morgan fingerprint density at radius 1 is 1.33 bits per heavy atom. The second-order valence-electron chi connectivity index (χ2n) is 4.00. The summed E-state index contributed by atoms with van der Waals surface area (Å²) in [6.07, 6.45) is -0.680. The Kier molecular flexibility index (Phi) is 3.72. The molecule has 0 aliphatic carbocycles. The van der Waals surface area contributed by atoms with E-state index in [2.05, 4.69) is 0 Å². The monoisotopic (exact) mass is 209 g/mol. The van der Waals surface area contributed by atoms with Crippen LogP contribution in [-0.2, 0) is 0 Å². The van der Waals surface area contributed by atoms with Crippen LogP contribution in [0.3, 0.4) is 0 Å². The van der Waals surface area contributed by atoms with Crippen LogP contribution in [0.25, 0.3) is 0 Å². The molecule has 3 heteroatoms. The van der Waals surface area contributed by atoms with Gasteiger partial charge in [0.05, 0.1) is 13.2 Å². The predicted molar refractivity (Wildman–Crippen MR) is 61.1 cm³/mol. The molecule has 0 heterocycles. The zero-order valence-electron chi connectivity index (χ0n) is 9.74. The van der Waals surface area contributed by atoms with E-state index >= 15 is 0 Å². The lowest BCUT2D eigenvalue weighted by atomic mass is 9.96. The Balaban J connectivity index is 3.26. The Hall–Kier alpha value is -1.06. The van der Waals surface area contributed by atoms with Crippen molar-refractivity contribution in [1.82, 2.24) is 0 Å². The van der Waals surface area contributed by atoms with Crippen LogP contribution < -0.4 is 10.5 Å². The van der Waals surface area contributed by atoms with Crippen LogP contribution in [0.4, 0.5) is 0 Å². The van der Waals surface area contributed by atoms with E-state index in [0.29, 0.717) is 5.75 Å². The van der Waals surface area contributed by atoms with Crippen LogP contribution >= 0.6 is 0 Å². The number of aryl methyl sites for hydroxylation is 2. The molecule has 2 atom stereocenters. The molecule has 0 bridgehead atoms. The maximum absolute atomic E-state index is 9.98. The van der Waals surface area contributed by atoms with Gasteiger partial charge in [-0.1, -0.05) is 6.07 Å². The summed E-state index contributed by atoms with van der Waals surface area (Å²) < 4.78 is 5.26. The standard InChI is InChI=1S/C12H19NO2/c1-7-5-8(2)11(10(6-7)15-4)12(14)9(3)13/h5-6,9,12,14H,13H2,1-4H3. The third-order valence-electron chi connectivity index (χ3n) is 2.51. The molecule has 0 amide bonds. The van der Waals surface area contributed by atoms with Crippen molar-refractivity contribution in [3.63, 3.8) is 0 Å². The highest BCUT2D eigenvalue weighted by Gasteiger charge is 2.19. The smallest absolute Gasteiger partial charge is 0.125 e. The first kappa shape index (κ1) is 12.0. The van der Waals surface area contributed by atoms with Crippen LogP contribution in [0.2, 0.25) is 0 Å². The average Bonchev–Trinajstić information content (AvgIpc) is 2.15. The van der Waals surface area contributed by atoms with Crippen LogP contribution in [0, 0.1) is 13.8 Å². The van der Waals surface area contributed by atoms with Gasteiger partial charge in [-0.25, -0.2) is 0 Å². The first-order valence-electron chi connectivity index (χ1n) is 5.06. The summed E-state index contributed by atoms with van der Waals surface area (Å²) in [6, 6.07) is 3.62. The summed E-state index contributed by atoms with van der Waals surface area (Å²) in [5.41, 5.74) is 8.61. The summed E-state index contributed by atoms with van der Waals surface area (Å²) >= 11 is 0. The Morgan fingerprint density at radius 3 is 2.40 bits per heavy atom. The number of hydrogen-bond acceptors (Lipinski definition) is 3. The van der Waals surface area contributed by atoms with E-state index in [1.165, 1.54) is 0 Å². The van der Waals surface area contributed by atoms with E-state index in [1.54, 1.807) is 14.0 Å². The highest BCUT2D eigenvalue weighted by atomic mass is 16.5. The third-order valence-corrected chi connectivity index (χ3v) is 2.51. The number of nitrogens with two attached hydrogens (primary N) is 1. The Bertz CT molecular complexity index is 348. The molecule has 1 rings (SSSR count). The topological polar surface area (TPSA) is 55.5 Å². The second-order valence-corrected chi connectivity index (χ2v) is 4.00. The average molecular weight is 209 g/mol. The van der Waals surface area contributed by atoms with E-state index in [-0.39, 0.29) is 6.04 Å². The van der Waals surface area contributed by atoms with Gasteiger partial charge >= 0.3 is 0 Å². The van der Waals surface area contributed by atoms with Gasteiger partial charge in [0, 0.05) is 11.6 Å². The molecule has 0 aliphatic heterocycles. The van der Waals surface area contributed by atoms with Crippen molar-refractivity contribution in [2.75, 3.05) is 7.11 Å². The molecule has 15 heavy (non-hydrogen) atoms. The maximum Gasteiger partial charge on any atom is 0.125 e. The van der Waals surface area contributed by atoms with E-state index in [9.17, 15) is 5.11 Å².